The first-order valence-corrected chi connectivity index (χ1v) is 11.5. The number of aromatic nitrogens is 1. The number of likely N-dealkylation sites (tertiary alicyclic amines) is 1. The van der Waals surface area contributed by atoms with Crippen LogP contribution in [0.4, 0.5) is 5.82 Å². The van der Waals surface area contributed by atoms with E-state index >= 15 is 0 Å². The van der Waals surface area contributed by atoms with E-state index in [0.29, 0.717) is 13.0 Å². The fourth-order valence-electron chi connectivity index (χ4n) is 3.87. The van der Waals surface area contributed by atoms with E-state index in [1.54, 1.807) is 7.11 Å². The van der Waals surface area contributed by atoms with E-state index in [-0.39, 0.29) is 46.3 Å². The Morgan fingerprint density at radius 1 is 1.25 bits per heavy atom. The van der Waals surface area contributed by atoms with Crippen molar-refractivity contribution in [3.63, 3.8) is 0 Å². The molecule has 0 aliphatic carbocycles. The first-order chi connectivity index (χ1) is 15.4. The van der Waals surface area contributed by atoms with Crippen LogP contribution >= 0.6 is 11.6 Å². The van der Waals surface area contributed by atoms with Crippen LogP contribution in [-0.4, -0.2) is 74.4 Å². The van der Waals surface area contributed by atoms with Crippen molar-refractivity contribution in [1.29, 1.82) is 0 Å². The molecule has 1 aromatic heterocycles. The van der Waals surface area contributed by atoms with E-state index < -0.39 is 0 Å². The number of nitrogens with one attached hydrogen (secondary N) is 1. The summed E-state index contributed by atoms with van der Waals surface area (Å²) in [5.41, 5.74) is 5.95. The molecular weight excluding hydrogens is 436 g/mol. The number of nitrogen functional groups attached to an aromatic ring is 1. The Bertz CT molecular complexity index is 764. The van der Waals surface area contributed by atoms with Crippen molar-refractivity contribution in [3.05, 3.63) is 16.7 Å². The predicted molar refractivity (Wildman–Crippen MR) is 123 cm³/mol. The summed E-state index contributed by atoms with van der Waals surface area (Å²) in [7, 11) is 3.10. The minimum atomic E-state index is -0.323. The Balaban J connectivity index is 1.88. The number of anilines is 1. The molecule has 1 amide bonds. The lowest BCUT2D eigenvalue weighted by molar-refractivity contribution is -0.143. The van der Waals surface area contributed by atoms with Gasteiger partial charge in [0.1, 0.15) is 11.4 Å². The number of pyridine rings is 1. The second kappa shape index (κ2) is 13.4. The molecule has 0 radical (unpaired) electrons. The number of nitrogens with two attached hydrogens (primary N) is 1. The van der Waals surface area contributed by atoms with Crippen molar-refractivity contribution in [1.82, 2.24) is 15.2 Å². The summed E-state index contributed by atoms with van der Waals surface area (Å²) in [5.74, 6) is -0.202. The van der Waals surface area contributed by atoms with Crippen LogP contribution in [0.2, 0.25) is 5.02 Å². The molecule has 0 spiro atoms. The third kappa shape index (κ3) is 7.79. The molecule has 1 fully saturated rings. The summed E-state index contributed by atoms with van der Waals surface area (Å²) < 4.78 is 15.8. The van der Waals surface area contributed by atoms with Gasteiger partial charge in [-0.3, -0.25) is 9.59 Å². The Morgan fingerprint density at radius 2 is 2.00 bits per heavy atom. The quantitative estimate of drug-likeness (QED) is 0.374. The SMILES string of the molecule is CCOC(=O)CCCCCN1CC[C@H](OC)[C@H](NC(=O)c2cc(Cl)c(N)nc2OC)CC1. The van der Waals surface area contributed by atoms with Gasteiger partial charge in [0.25, 0.3) is 5.91 Å². The molecule has 1 aliphatic heterocycles. The van der Waals surface area contributed by atoms with Gasteiger partial charge in [0.05, 0.1) is 30.9 Å². The van der Waals surface area contributed by atoms with Gasteiger partial charge in [-0.1, -0.05) is 18.0 Å². The number of carbonyl (C=O) groups is 2. The number of carbonyl (C=O) groups excluding carboxylic acids is 2. The van der Waals surface area contributed by atoms with Gasteiger partial charge in [-0.25, -0.2) is 0 Å². The summed E-state index contributed by atoms with van der Waals surface area (Å²) in [6.45, 7) is 4.94. The molecule has 32 heavy (non-hydrogen) atoms. The number of ether oxygens (including phenoxy) is 3. The van der Waals surface area contributed by atoms with Crippen molar-refractivity contribution in [2.24, 2.45) is 0 Å². The first kappa shape index (κ1) is 26.2. The van der Waals surface area contributed by atoms with E-state index in [1.165, 1.54) is 13.2 Å². The number of esters is 1. The summed E-state index contributed by atoms with van der Waals surface area (Å²) >= 11 is 6.05. The summed E-state index contributed by atoms with van der Waals surface area (Å²) in [6, 6.07) is 1.32. The summed E-state index contributed by atoms with van der Waals surface area (Å²) in [4.78, 5) is 30.8. The molecule has 2 rings (SSSR count). The number of hydrogen-bond donors (Lipinski definition) is 2. The monoisotopic (exact) mass is 470 g/mol. The minimum absolute atomic E-state index is 0.101. The van der Waals surface area contributed by atoms with Crippen molar-refractivity contribution < 1.29 is 23.8 Å². The number of nitrogens with zero attached hydrogens (tertiary/aromatic N) is 2. The summed E-state index contributed by atoms with van der Waals surface area (Å²) in [5, 5.41) is 3.26. The Morgan fingerprint density at radius 3 is 2.69 bits per heavy atom. The Hall–Kier alpha value is -2.10. The average Bonchev–Trinajstić information content (AvgIpc) is 2.97. The minimum Gasteiger partial charge on any atom is -0.480 e. The topological polar surface area (TPSA) is 116 Å². The van der Waals surface area contributed by atoms with Gasteiger partial charge in [0, 0.05) is 26.6 Å². The number of methoxy groups -OCH3 is 2. The van der Waals surface area contributed by atoms with Crippen LogP contribution in [0, 0.1) is 0 Å². The van der Waals surface area contributed by atoms with Crippen LogP contribution in [0.5, 0.6) is 5.88 Å². The molecule has 1 aliphatic rings. The fraction of sp³-hybridized carbons (Fsp3) is 0.682. The number of rotatable bonds is 11. The van der Waals surface area contributed by atoms with E-state index in [4.69, 9.17) is 31.5 Å². The van der Waals surface area contributed by atoms with Crippen LogP contribution in [-0.2, 0) is 14.3 Å². The van der Waals surface area contributed by atoms with Gasteiger partial charge >= 0.3 is 5.97 Å². The van der Waals surface area contributed by atoms with Crippen LogP contribution in [0.1, 0.15) is 55.8 Å². The highest BCUT2D eigenvalue weighted by Gasteiger charge is 2.29. The average molecular weight is 471 g/mol. The lowest BCUT2D eigenvalue weighted by atomic mass is 10.1. The number of unbranched alkanes of at least 4 members (excludes halogenated alkanes) is 2. The maximum atomic E-state index is 12.9. The van der Waals surface area contributed by atoms with E-state index in [2.05, 4.69) is 15.2 Å². The molecule has 1 aromatic rings. The van der Waals surface area contributed by atoms with Crippen LogP contribution in [0.3, 0.4) is 0 Å². The smallest absolute Gasteiger partial charge is 0.305 e. The van der Waals surface area contributed by atoms with Gasteiger partial charge < -0.3 is 30.2 Å². The van der Waals surface area contributed by atoms with Crippen LogP contribution < -0.4 is 15.8 Å². The zero-order valence-corrected chi connectivity index (χ0v) is 20.0. The molecule has 3 N–H and O–H groups in total. The third-order valence-corrected chi connectivity index (χ3v) is 5.92. The molecule has 0 bridgehead atoms. The lowest BCUT2D eigenvalue weighted by Gasteiger charge is -2.24. The summed E-state index contributed by atoms with van der Waals surface area (Å²) in [6.07, 6.45) is 4.77. The molecule has 10 heteroatoms. The van der Waals surface area contributed by atoms with Crippen LogP contribution in [0.25, 0.3) is 0 Å². The Labute approximate surface area is 194 Å². The molecule has 9 nitrogen and oxygen atoms in total. The van der Waals surface area contributed by atoms with Gasteiger partial charge in [0.15, 0.2) is 0 Å². The maximum absolute atomic E-state index is 12.9. The highest BCUT2D eigenvalue weighted by atomic mass is 35.5. The number of amides is 1. The zero-order valence-electron chi connectivity index (χ0n) is 19.2. The fourth-order valence-corrected chi connectivity index (χ4v) is 4.02. The lowest BCUT2D eigenvalue weighted by Crippen LogP contribution is -2.44. The normalized spacial score (nSPS) is 19.2. The van der Waals surface area contributed by atoms with Gasteiger partial charge in [0.2, 0.25) is 5.88 Å². The second-order valence-electron chi connectivity index (χ2n) is 7.80. The molecule has 0 saturated carbocycles. The second-order valence-corrected chi connectivity index (χ2v) is 8.21. The van der Waals surface area contributed by atoms with Crippen molar-refractivity contribution in [2.45, 2.75) is 57.6 Å². The molecular formula is C22H35ClN4O5. The Kier molecular flexibility index (Phi) is 11.0. The molecule has 0 unspecified atom stereocenters. The number of halogens is 1. The van der Waals surface area contributed by atoms with Crippen LogP contribution in [0.15, 0.2) is 6.07 Å². The highest BCUT2D eigenvalue weighted by Crippen LogP contribution is 2.25. The predicted octanol–water partition coefficient (Wildman–Crippen LogP) is 2.66. The van der Waals surface area contributed by atoms with Gasteiger partial charge in [-0.15, -0.1) is 0 Å². The largest absolute Gasteiger partial charge is 0.480 e. The van der Waals surface area contributed by atoms with Crippen molar-refractivity contribution in [2.75, 3.05) is 46.2 Å². The zero-order chi connectivity index (χ0) is 23.5. The molecule has 2 atom stereocenters. The first-order valence-electron chi connectivity index (χ1n) is 11.1. The maximum Gasteiger partial charge on any atom is 0.305 e. The molecule has 0 aromatic carbocycles. The molecule has 180 valence electrons. The molecule has 1 saturated heterocycles. The van der Waals surface area contributed by atoms with Gasteiger partial charge in [-0.2, -0.15) is 4.98 Å². The third-order valence-electron chi connectivity index (χ3n) is 5.62. The van der Waals surface area contributed by atoms with E-state index in [1.807, 2.05) is 6.92 Å². The van der Waals surface area contributed by atoms with E-state index in [0.717, 1.165) is 51.7 Å². The standard InChI is InChI=1S/C22H35ClN4O5/c1-4-32-19(28)8-6-5-7-11-27-12-9-17(18(30-2)10-13-27)25-21(29)15-14-16(23)20(24)26-22(15)31-3/h14,17-18H,4-13H2,1-3H3,(H2,24,26)(H,25,29)/t17-,18+/m1/s1. The van der Waals surface area contributed by atoms with Crippen molar-refractivity contribution in [3.8, 4) is 5.88 Å². The molecule has 2 heterocycles. The number of hydrogen-bond acceptors (Lipinski definition) is 8. The van der Waals surface area contributed by atoms with E-state index in [9.17, 15) is 9.59 Å². The highest BCUT2D eigenvalue weighted by molar-refractivity contribution is 6.33. The van der Waals surface area contributed by atoms with Gasteiger partial charge in [-0.05, 0) is 45.2 Å². The van der Waals surface area contributed by atoms with Crippen molar-refractivity contribution >= 4 is 29.3 Å².